The number of halogens is 4. The van der Waals surface area contributed by atoms with Crippen LogP contribution in [0.4, 0.5) is 13.2 Å². The molecule has 1 aromatic heterocycles. The van der Waals surface area contributed by atoms with Crippen molar-refractivity contribution in [2.75, 3.05) is 6.54 Å². The fourth-order valence-electron chi connectivity index (χ4n) is 1.83. The Bertz CT molecular complexity index is 610. The van der Waals surface area contributed by atoms with Crippen molar-refractivity contribution in [3.05, 3.63) is 40.1 Å². The minimum absolute atomic E-state index is 0.0417. The van der Waals surface area contributed by atoms with Crippen molar-refractivity contribution in [2.45, 2.75) is 26.1 Å². The Morgan fingerprint density at radius 1 is 1.33 bits per heavy atom. The molecule has 8 heteroatoms. The van der Waals surface area contributed by atoms with Crippen LogP contribution >= 0.6 is 15.9 Å². The molecule has 0 aliphatic rings. The van der Waals surface area contributed by atoms with Gasteiger partial charge in [0.05, 0.1) is 23.1 Å². The molecule has 0 aliphatic heterocycles. The summed E-state index contributed by atoms with van der Waals surface area (Å²) in [6.45, 7) is 3.33. The summed E-state index contributed by atoms with van der Waals surface area (Å²) in [6.07, 6.45) is -1.98. The lowest BCUT2D eigenvalue weighted by Crippen LogP contribution is -2.14. The van der Waals surface area contributed by atoms with Crippen LogP contribution in [0.3, 0.4) is 0 Å². The van der Waals surface area contributed by atoms with E-state index < -0.39 is 11.7 Å². The van der Waals surface area contributed by atoms with Gasteiger partial charge in [0.2, 0.25) is 0 Å². The average Bonchev–Trinajstić information content (AvgIpc) is 2.87. The van der Waals surface area contributed by atoms with Crippen LogP contribution in [0.1, 0.15) is 24.6 Å². The zero-order chi connectivity index (χ0) is 15.5. The second-order valence-electron chi connectivity index (χ2n) is 4.49. The van der Waals surface area contributed by atoms with Crippen molar-refractivity contribution in [1.29, 1.82) is 0 Å². The highest BCUT2D eigenvalue weighted by Gasteiger charge is 2.34. The monoisotopic (exact) mass is 362 g/mol. The van der Waals surface area contributed by atoms with Gasteiger partial charge >= 0.3 is 6.18 Å². The Kier molecular flexibility index (Phi) is 5.00. The van der Waals surface area contributed by atoms with Crippen molar-refractivity contribution in [3.8, 4) is 5.69 Å². The lowest BCUT2D eigenvalue weighted by atomic mass is 10.1. The van der Waals surface area contributed by atoms with Crippen LogP contribution < -0.4 is 5.32 Å². The largest absolute Gasteiger partial charge is 0.418 e. The molecule has 2 rings (SSSR count). The lowest BCUT2D eigenvalue weighted by Gasteiger charge is -2.12. The molecule has 114 valence electrons. The average molecular weight is 363 g/mol. The number of aromatic nitrogens is 3. The molecule has 1 N–H and O–H groups in total. The molecule has 0 atom stereocenters. The molecule has 2 aromatic rings. The summed E-state index contributed by atoms with van der Waals surface area (Å²) in [5, 5.41) is 10.8. The first kappa shape index (κ1) is 16.0. The molecular formula is C13H14BrF3N4. The summed E-state index contributed by atoms with van der Waals surface area (Å²) in [4.78, 5) is 0. The molecule has 0 saturated carbocycles. The van der Waals surface area contributed by atoms with Gasteiger partial charge < -0.3 is 5.32 Å². The predicted molar refractivity (Wildman–Crippen MR) is 76.1 cm³/mol. The van der Waals surface area contributed by atoms with Crippen LogP contribution in [0.15, 0.2) is 28.9 Å². The van der Waals surface area contributed by atoms with Gasteiger partial charge in [0.15, 0.2) is 0 Å². The van der Waals surface area contributed by atoms with Crippen molar-refractivity contribution in [1.82, 2.24) is 20.3 Å². The van der Waals surface area contributed by atoms with Gasteiger partial charge in [-0.05, 0) is 31.2 Å². The fraction of sp³-hybridized carbons (Fsp3) is 0.385. The Labute approximate surface area is 128 Å². The third kappa shape index (κ3) is 4.04. The first-order valence-corrected chi connectivity index (χ1v) is 7.20. The Morgan fingerprint density at radius 3 is 2.76 bits per heavy atom. The van der Waals surface area contributed by atoms with Crippen LogP contribution in [-0.2, 0) is 12.7 Å². The number of hydrogen-bond acceptors (Lipinski definition) is 3. The molecule has 0 amide bonds. The normalized spacial score (nSPS) is 11.9. The van der Waals surface area contributed by atoms with E-state index in [1.165, 1.54) is 12.3 Å². The van der Waals surface area contributed by atoms with Gasteiger partial charge in [-0.2, -0.15) is 13.2 Å². The number of nitrogens with zero attached hydrogens (tertiary/aromatic N) is 3. The molecule has 1 heterocycles. The molecule has 21 heavy (non-hydrogen) atoms. The van der Waals surface area contributed by atoms with Gasteiger partial charge in [-0.3, -0.25) is 0 Å². The molecule has 0 radical (unpaired) electrons. The van der Waals surface area contributed by atoms with E-state index in [1.54, 1.807) is 6.07 Å². The van der Waals surface area contributed by atoms with E-state index in [-0.39, 0.29) is 5.69 Å². The fourth-order valence-corrected chi connectivity index (χ4v) is 2.19. The van der Waals surface area contributed by atoms with E-state index >= 15 is 0 Å². The van der Waals surface area contributed by atoms with Crippen LogP contribution in [0, 0.1) is 0 Å². The summed E-state index contributed by atoms with van der Waals surface area (Å²) in [7, 11) is 0. The number of nitrogens with one attached hydrogen (secondary N) is 1. The Balaban J connectivity index is 2.30. The van der Waals surface area contributed by atoms with Crippen LogP contribution in [0.25, 0.3) is 5.69 Å². The highest BCUT2D eigenvalue weighted by molar-refractivity contribution is 9.10. The number of alkyl halides is 3. The summed E-state index contributed by atoms with van der Waals surface area (Å²) in [5.41, 5.74) is -0.200. The van der Waals surface area contributed by atoms with Crippen molar-refractivity contribution in [3.63, 3.8) is 0 Å². The van der Waals surface area contributed by atoms with E-state index in [1.807, 2.05) is 6.92 Å². The first-order valence-electron chi connectivity index (χ1n) is 6.41. The number of hydrogen-bond donors (Lipinski definition) is 1. The van der Waals surface area contributed by atoms with E-state index in [4.69, 9.17) is 0 Å². The van der Waals surface area contributed by atoms with Crippen molar-refractivity contribution in [2.24, 2.45) is 0 Å². The zero-order valence-corrected chi connectivity index (χ0v) is 12.9. The lowest BCUT2D eigenvalue weighted by molar-refractivity contribution is -0.137. The van der Waals surface area contributed by atoms with E-state index in [0.29, 0.717) is 16.7 Å². The topological polar surface area (TPSA) is 42.7 Å². The second-order valence-corrected chi connectivity index (χ2v) is 5.41. The SMILES string of the molecule is CCCNCc1cn(-c2ccc(Br)cc2C(F)(F)F)nn1. The van der Waals surface area contributed by atoms with E-state index in [2.05, 4.69) is 31.6 Å². The highest BCUT2D eigenvalue weighted by atomic mass is 79.9. The standard InChI is InChI=1S/C13H14BrF3N4/c1-2-5-18-7-10-8-21(20-19-10)12-4-3-9(14)6-11(12)13(15,16)17/h3-4,6,8,18H,2,5,7H2,1H3. The maximum absolute atomic E-state index is 13.1. The van der Waals surface area contributed by atoms with Crippen molar-refractivity contribution >= 4 is 15.9 Å². The number of rotatable bonds is 5. The molecule has 1 aromatic carbocycles. The van der Waals surface area contributed by atoms with E-state index in [9.17, 15) is 13.2 Å². The molecule has 4 nitrogen and oxygen atoms in total. The second kappa shape index (κ2) is 6.57. The summed E-state index contributed by atoms with van der Waals surface area (Å²) in [5.74, 6) is 0. The van der Waals surface area contributed by atoms with Crippen molar-refractivity contribution < 1.29 is 13.2 Å². The van der Waals surface area contributed by atoms with Crippen LogP contribution in [0.5, 0.6) is 0 Å². The quantitative estimate of drug-likeness (QED) is 0.827. The molecule has 0 spiro atoms. The van der Waals surface area contributed by atoms with Gasteiger partial charge in [-0.25, -0.2) is 4.68 Å². The molecular weight excluding hydrogens is 349 g/mol. The molecule has 0 bridgehead atoms. The Morgan fingerprint density at radius 2 is 2.10 bits per heavy atom. The summed E-state index contributed by atoms with van der Waals surface area (Å²) < 4.78 is 40.7. The van der Waals surface area contributed by atoms with Crippen LogP contribution in [0.2, 0.25) is 0 Å². The minimum Gasteiger partial charge on any atom is -0.311 e. The minimum atomic E-state index is -4.45. The van der Waals surface area contributed by atoms with E-state index in [0.717, 1.165) is 23.7 Å². The maximum Gasteiger partial charge on any atom is 0.418 e. The van der Waals surface area contributed by atoms with Gasteiger partial charge in [0, 0.05) is 11.0 Å². The Hall–Kier alpha value is -1.41. The van der Waals surface area contributed by atoms with Crippen LogP contribution in [-0.4, -0.2) is 21.5 Å². The third-order valence-electron chi connectivity index (χ3n) is 2.78. The molecule has 0 saturated heterocycles. The summed E-state index contributed by atoms with van der Waals surface area (Å²) in [6, 6.07) is 3.94. The third-order valence-corrected chi connectivity index (χ3v) is 3.28. The highest BCUT2D eigenvalue weighted by Crippen LogP contribution is 2.35. The molecule has 0 unspecified atom stereocenters. The van der Waals surface area contributed by atoms with Gasteiger partial charge in [-0.1, -0.05) is 28.1 Å². The summed E-state index contributed by atoms with van der Waals surface area (Å²) >= 11 is 3.05. The maximum atomic E-state index is 13.1. The number of benzene rings is 1. The smallest absolute Gasteiger partial charge is 0.311 e. The predicted octanol–water partition coefficient (Wildman–Crippen LogP) is 3.55. The van der Waals surface area contributed by atoms with Gasteiger partial charge in [0.25, 0.3) is 0 Å². The van der Waals surface area contributed by atoms with Gasteiger partial charge in [-0.15, -0.1) is 5.10 Å². The van der Waals surface area contributed by atoms with Gasteiger partial charge in [0.1, 0.15) is 0 Å². The first-order chi connectivity index (χ1) is 9.91. The molecule has 0 fully saturated rings. The zero-order valence-electron chi connectivity index (χ0n) is 11.3. The molecule has 0 aliphatic carbocycles.